The molecule has 2 aromatic carbocycles. The molecule has 1 aliphatic heterocycles. The molecule has 0 unspecified atom stereocenters. The Morgan fingerprint density at radius 3 is 2.29 bits per heavy atom. The van der Waals surface area contributed by atoms with Crippen LogP contribution in [0.4, 0.5) is 5.82 Å². The largest absolute Gasteiger partial charge is 0.360 e. The number of carbonyl (C=O) groups excluding carboxylic acids is 2. The smallest absolute Gasteiger partial charge is 0.272 e. The SMILES string of the molecule is Cc1cc(NC(=O)CN2CCN(C(=O)c3cc(-c4ccccc4)nn3-c3ccccc3)CC2)no1. The van der Waals surface area contributed by atoms with Crippen LogP contribution >= 0.6 is 0 Å². The Hall–Kier alpha value is -4.24. The van der Waals surface area contributed by atoms with Crippen molar-refractivity contribution in [2.75, 3.05) is 38.0 Å². The Morgan fingerprint density at radius 1 is 0.943 bits per heavy atom. The molecule has 0 atom stereocenters. The first-order chi connectivity index (χ1) is 17.1. The highest BCUT2D eigenvalue weighted by Crippen LogP contribution is 2.23. The van der Waals surface area contributed by atoms with E-state index in [0.29, 0.717) is 43.5 Å². The molecule has 1 fully saturated rings. The minimum atomic E-state index is -0.160. The fraction of sp³-hybridized carbons (Fsp3) is 0.231. The molecule has 5 rings (SSSR count). The maximum Gasteiger partial charge on any atom is 0.272 e. The Kier molecular flexibility index (Phi) is 6.40. The van der Waals surface area contributed by atoms with Crippen molar-refractivity contribution in [3.63, 3.8) is 0 Å². The Balaban J connectivity index is 1.28. The molecule has 0 aliphatic carbocycles. The number of aromatic nitrogens is 3. The van der Waals surface area contributed by atoms with E-state index in [1.54, 1.807) is 17.7 Å². The summed E-state index contributed by atoms with van der Waals surface area (Å²) in [6.07, 6.45) is 0. The maximum atomic E-state index is 13.6. The second kappa shape index (κ2) is 9.94. The Bertz CT molecular complexity index is 1310. The van der Waals surface area contributed by atoms with Gasteiger partial charge in [-0.15, -0.1) is 0 Å². The summed E-state index contributed by atoms with van der Waals surface area (Å²) in [5.74, 6) is 0.806. The predicted molar refractivity (Wildman–Crippen MR) is 131 cm³/mol. The lowest BCUT2D eigenvalue weighted by atomic mass is 10.1. The molecule has 2 aromatic heterocycles. The van der Waals surface area contributed by atoms with Crippen LogP contribution in [0.3, 0.4) is 0 Å². The van der Waals surface area contributed by atoms with Crippen molar-refractivity contribution < 1.29 is 14.1 Å². The van der Waals surface area contributed by atoms with E-state index >= 15 is 0 Å². The topological polar surface area (TPSA) is 96.5 Å². The van der Waals surface area contributed by atoms with E-state index in [-0.39, 0.29) is 18.4 Å². The van der Waals surface area contributed by atoms with Crippen LogP contribution in [-0.4, -0.2) is 69.3 Å². The molecule has 3 heterocycles. The second-order valence-electron chi connectivity index (χ2n) is 8.47. The number of nitrogens with one attached hydrogen (secondary N) is 1. The maximum absolute atomic E-state index is 13.6. The fourth-order valence-corrected chi connectivity index (χ4v) is 4.13. The molecule has 0 spiro atoms. The normalized spacial score (nSPS) is 14.1. The third kappa shape index (κ3) is 5.15. The molecule has 2 amide bonds. The molecule has 9 nitrogen and oxygen atoms in total. The molecule has 9 heteroatoms. The number of amides is 2. The molecule has 178 valence electrons. The number of hydrogen-bond acceptors (Lipinski definition) is 6. The van der Waals surface area contributed by atoms with Gasteiger partial charge in [-0.3, -0.25) is 14.5 Å². The van der Waals surface area contributed by atoms with Crippen molar-refractivity contribution in [3.8, 4) is 16.9 Å². The molecule has 4 aromatic rings. The van der Waals surface area contributed by atoms with Crippen molar-refractivity contribution >= 4 is 17.6 Å². The number of nitrogens with zero attached hydrogens (tertiary/aromatic N) is 5. The van der Waals surface area contributed by atoms with Crippen molar-refractivity contribution in [1.29, 1.82) is 0 Å². The standard InChI is InChI=1S/C26H26N6O3/c1-19-16-24(29-35-19)27-25(33)18-30-12-14-31(15-13-30)26(34)23-17-22(20-8-4-2-5-9-20)28-32(23)21-10-6-3-7-11-21/h2-11,16-17H,12-15,18H2,1H3,(H,27,29,33). The van der Waals surface area contributed by atoms with Crippen molar-refractivity contribution in [1.82, 2.24) is 24.7 Å². The van der Waals surface area contributed by atoms with E-state index in [9.17, 15) is 9.59 Å². The number of para-hydroxylation sites is 1. The number of benzene rings is 2. The van der Waals surface area contributed by atoms with E-state index < -0.39 is 0 Å². The summed E-state index contributed by atoms with van der Waals surface area (Å²) in [4.78, 5) is 29.7. The minimum absolute atomic E-state index is 0.0780. The van der Waals surface area contributed by atoms with Crippen LogP contribution in [0.5, 0.6) is 0 Å². The van der Waals surface area contributed by atoms with Crippen LogP contribution in [0.25, 0.3) is 16.9 Å². The molecule has 1 saturated heterocycles. The van der Waals surface area contributed by atoms with E-state index in [4.69, 9.17) is 9.62 Å². The average molecular weight is 471 g/mol. The van der Waals surface area contributed by atoms with E-state index in [2.05, 4.69) is 10.5 Å². The third-order valence-corrected chi connectivity index (χ3v) is 5.92. The van der Waals surface area contributed by atoms with E-state index in [0.717, 1.165) is 16.9 Å². The van der Waals surface area contributed by atoms with Crippen LogP contribution in [0.2, 0.25) is 0 Å². The van der Waals surface area contributed by atoms with Crippen molar-refractivity contribution in [3.05, 3.63) is 84.3 Å². The van der Waals surface area contributed by atoms with Gasteiger partial charge >= 0.3 is 0 Å². The van der Waals surface area contributed by atoms with Crippen LogP contribution in [0.15, 0.2) is 77.3 Å². The Labute approximate surface area is 202 Å². The summed E-state index contributed by atoms with van der Waals surface area (Å²) in [6.45, 7) is 4.25. The number of anilines is 1. The highest BCUT2D eigenvalue weighted by Gasteiger charge is 2.27. The zero-order valence-corrected chi connectivity index (χ0v) is 19.4. The van der Waals surface area contributed by atoms with Gasteiger partial charge in [0.1, 0.15) is 11.5 Å². The van der Waals surface area contributed by atoms with Crippen molar-refractivity contribution in [2.24, 2.45) is 0 Å². The zero-order valence-electron chi connectivity index (χ0n) is 19.4. The number of hydrogen-bond donors (Lipinski definition) is 1. The summed E-state index contributed by atoms with van der Waals surface area (Å²) in [5, 5.41) is 11.3. The summed E-state index contributed by atoms with van der Waals surface area (Å²) >= 11 is 0. The first-order valence-corrected chi connectivity index (χ1v) is 11.5. The summed E-state index contributed by atoms with van der Waals surface area (Å²) in [6, 6.07) is 23.0. The van der Waals surface area contributed by atoms with Gasteiger partial charge in [-0.25, -0.2) is 4.68 Å². The number of rotatable bonds is 6. The third-order valence-electron chi connectivity index (χ3n) is 5.92. The van der Waals surface area contributed by atoms with Crippen LogP contribution < -0.4 is 5.32 Å². The highest BCUT2D eigenvalue weighted by atomic mass is 16.5. The number of aryl methyl sites for hydroxylation is 1. The molecule has 35 heavy (non-hydrogen) atoms. The lowest BCUT2D eigenvalue weighted by Crippen LogP contribution is -2.50. The van der Waals surface area contributed by atoms with Crippen LogP contribution in [-0.2, 0) is 4.79 Å². The molecule has 0 radical (unpaired) electrons. The first kappa shape index (κ1) is 22.5. The average Bonchev–Trinajstić information content (AvgIpc) is 3.51. The van der Waals surface area contributed by atoms with E-state index in [1.807, 2.05) is 76.5 Å². The monoisotopic (exact) mass is 470 g/mol. The van der Waals surface area contributed by atoms with Crippen LogP contribution in [0, 0.1) is 6.92 Å². The van der Waals surface area contributed by atoms with Crippen LogP contribution in [0.1, 0.15) is 16.2 Å². The Morgan fingerprint density at radius 2 is 1.63 bits per heavy atom. The second-order valence-corrected chi connectivity index (χ2v) is 8.47. The summed E-state index contributed by atoms with van der Waals surface area (Å²) in [7, 11) is 0. The molecule has 1 N–H and O–H groups in total. The van der Waals surface area contributed by atoms with Gasteiger partial charge in [-0.1, -0.05) is 53.7 Å². The number of carbonyl (C=O) groups is 2. The van der Waals surface area contributed by atoms with Crippen molar-refractivity contribution in [2.45, 2.75) is 6.92 Å². The predicted octanol–water partition coefficient (Wildman–Crippen LogP) is 3.23. The summed E-state index contributed by atoms with van der Waals surface area (Å²) in [5.41, 5.74) is 3.05. The van der Waals surface area contributed by atoms with Gasteiger partial charge in [0.15, 0.2) is 5.82 Å². The first-order valence-electron chi connectivity index (χ1n) is 11.5. The molecular weight excluding hydrogens is 444 g/mol. The molecule has 0 saturated carbocycles. The fourth-order valence-electron chi connectivity index (χ4n) is 4.13. The van der Waals surface area contributed by atoms with Gasteiger partial charge in [0, 0.05) is 37.8 Å². The summed E-state index contributed by atoms with van der Waals surface area (Å²) < 4.78 is 6.69. The quantitative estimate of drug-likeness (QED) is 0.465. The number of piperazine rings is 1. The van der Waals surface area contributed by atoms with Gasteiger partial charge < -0.3 is 14.7 Å². The molecule has 0 bridgehead atoms. The lowest BCUT2D eigenvalue weighted by molar-refractivity contribution is -0.117. The van der Waals surface area contributed by atoms with Gasteiger partial charge in [0.25, 0.3) is 5.91 Å². The molecular formula is C26H26N6O3. The van der Waals surface area contributed by atoms with Gasteiger partial charge in [0.2, 0.25) is 5.91 Å². The zero-order chi connectivity index (χ0) is 24.2. The van der Waals surface area contributed by atoms with Gasteiger partial charge in [0.05, 0.1) is 17.9 Å². The highest BCUT2D eigenvalue weighted by molar-refractivity contribution is 5.94. The minimum Gasteiger partial charge on any atom is -0.360 e. The van der Waals surface area contributed by atoms with Gasteiger partial charge in [-0.2, -0.15) is 5.10 Å². The van der Waals surface area contributed by atoms with Gasteiger partial charge in [-0.05, 0) is 25.1 Å². The molecule has 1 aliphatic rings. The lowest BCUT2D eigenvalue weighted by Gasteiger charge is -2.34. The van der Waals surface area contributed by atoms with E-state index in [1.165, 1.54) is 0 Å².